The van der Waals surface area contributed by atoms with E-state index >= 15 is 0 Å². The summed E-state index contributed by atoms with van der Waals surface area (Å²) < 4.78 is 20.7. The van der Waals surface area contributed by atoms with Crippen molar-refractivity contribution in [2.24, 2.45) is 10.8 Å². The Kier molecular flexibility index (Phi) is 17.6. The minimum Gasteiger partial charge on any atom is -0.299 e. The third kappa shape index (κ3) is 21.7. The third-order valence-electron chi connectivity index (χ3n) is 3.22. The number of rotatable bonds is 0. The van der Waals surface area contributed by atoms with Crippen LogP contribution in [-0.4, -0.2) is 30.1 Å². The Bertz CT molecular complexity index is 430. The summed E-state index contributed by atoms with van der Waals surface area (Å²) in [6.07, 6.45) is 1.24. The van der Waals surface area contributed by atoms with E-state index in [0.717, 1.165) is 4.86 Å². The maximum absolute atomic E-state index is 10.7. The summed E-state index contributed by atoms with van der Waals surface area (Å²) in [5.41, 5.74) is 0.0926. The SMILES string of the molecule is C.C.CC(=O)C(C)(C)C.CC(=S)C(C)(C)C.CC(C)(C)S(C)(=O)=O. The van der Waals surface area contributed by atoms with E-state index in [9.17, 15) is 13.2 Å². The van der Waals surface area contributed by atoms with Crippen LogP contribution in [0.5, 0.6) is 0 Å². The highest BCUT2D eigenvalue weighted by atomic mass is 32.2. The van der Waals surface area contributed by atoms with Crippen molar-refractivity contribution >= 4 is 32.7 Å². The minimum atomic E-state index is -2.84. The molecule has 0 aromatic carbocycles. The van der Waals surface area contributed by atoms with Crippen LogP contribution in [0.25, 0.3) is 0 Å². The normalized spacial score (nSPS) is 11.3. The molecule has 0 radical (unpaired) electrons. The van der Waals surface area contributed by atoms with Crippen molar-refractivity contribution in [1.82, 2.24) is 0 Å². The van der Waals surface area contributed by atoms with Gasteiger partial charge in [-0.3, -0.25) is 4.79 Å². The Morgan fingerprint density at radius 3 is 0.875 bits per heavy atom. The molecular weight excluding hydrogens is 340 g/mol. The number of thiocarbonyl (C=S) groups is 1. The van der Waals surface area contributed by atoms with Gasteiger partial charge in [0, 0.05) is 11.7 Å². The van der Waals surface area contributed by atoms with E-state index in [1.54, 1.807) is 27.7 Å². The molecule has 0 bridgehead atoms. The van der Waals surface area contributed by atoms with Gasteiger partial charge in [-0.25, -0.2) is 8.42 Å². The van der Waals surface area contributed by atoms with Crippen LogP contribution in [0.4, 0.5) is 0 Å². The summed E-state index contributed by atoms with van der Waals surface area (Å²) in [5, 5.41) is 0. The van der Waals surface area contributed by atoms with Crippen LogP contribution in [-0.2, 0) is 14.6 Å². The molecule has 0 rings (SSSR count). The molecule has 0 aliphatic carbocycles. The molecule has 0 spiro atoms. The van der Waals surface area contributed by atoms with Gasteiger partial charge in [-0.1, -0.05) is 68.6 Å². The van der Waals surface area contributed by atoms with Crippen molar-refractivity contribution in [3.63, 3.8) is 0 Å². The van der Waals surface area contributed by atoms with Crippen LogP contribution in [0.3, 0.4) is 0 Å². The predicted molar refractivity (Wildman–Crippen MR) is 116 cm³/mol. The average molecular weight is 385 g/mol. The molecule has 0 aliphatic rings. The van der Waals surface area contributed by atoms with Gasteiger partial charge >= 0.3 is 0 Å². The molecule has 3 nitrogen and oxygen atoms in total. The third-order valence-corrected chi connectivity index (χ3v) is 6.06. The number of ketones is 1. The van der Waals surface area contributed by atoms with Crippen molar-refractivity contribution in [3.8, 4) is 0 Å². The molecule has 0 N–H and O–H groups in total. The quantitative estimate of drug-likeness (QED) is 0.470. The summed E-state index contributed by atoms with van der Waals surface area (Å²) in [6.45, 7) is 20.7. The molecule has 0 saturated carbocycles. The van der Waals surface area contributed by atoms with Gasteiger partial charge in [0.2, 0.25) is 0 Å². The van der Waals surface area contributed by atoms with Crippen molar-refractivity contribution < 1.29 is 13.2 Å². The molecule has 0 amide bonds. The van der Waals surface area contributed by atoms with Gasteiger partial charge in [0.25, 0.3) is 0 Å². The van der Waals surface area contributed by atoms with E-state index in [0.29, 0.717) is 0 Å². The number of carbonyl (C=O) groups is 1. The molecule has 150 valence electrons. The van der Waals surface area contributed by atoms with Gasteiger partial charge in [-0.2, -0.15) is 0 Å². The zero-order chi connectivity index (χ0) is 19.2. The van der Waals surface area contributed by atoms with E-state index in [2.05, 4.69) is 20.8 Å². The Morgan fingerprint density at radius 1 is 0.750 bits per heavy atom. The smallest absolute Gasteiger partial charge is 0.152 e. The lowest BCUT2D eigenvalue weighted by atomic mass is 9.92. The lowest BCUT2D eigenvalue weighted by Gasteiger charge is -2.14. The molecule has 24 heavy (non-hydrogen) atoms. The van der Waals surface area contributed by atoms with E-state index < -0.39 is 14.6 Å². The van der Waals surface area contributed by atoms with Crippen LogP contribution >= 0.6 is 12.2 Å². The van der Waals surface area contributed by atoms with E-state index in [1.165, 1.54) is 6.26 Å². The first-order valence-electron chi connectivity index (χ1n) is 7.35. The summed E-state index contributed by atoms with van der Waals surface area (Å²) >= 11 is 4.93. The van der Waals surface area contributed by atoms with Gasteiger partial charge in [-0.05, 0) is 44.9 Å². The molecule has 0 aromatic rings. The largest absolute Gasteiger partial charge is 0.299 e. The van der Waals surface area contributed by atoms with Gasteiger partial charge in [-0.15, -0.1) is 0 Å². The first-order valence-corrected chi connectivity index (χ1v) is 9.65. The topological polar surface area (TPSA) is 51.2 Å². The van der Waals surface area contributed by atoms with Crippen molar-refractivity contribution in [2.45, 2.75) is 95.8 Å². The van der Waals surface area contributed by atoms with Crippen molar-refractivity contribution in [3.05, 3.63) is 0 Å². The van der Waals surface area contributed by atoms with Crippen molar-refractivity contribution in [2.75, 3.05) is 6.26 Å². The van der Waals surface area contributed by atoms with Crippen LogP contribution in [0.15, 0.2) is 0 Å². The Labute approximate surface area is 158 Å². The lowest BCUT2D eigenvalue weighted by Crippen LogP contribution is -2.26. The molecule has 0 aromatic heterocycles. The van der Waals surface area contributed by atoms with Gasteiger partial charge in [0.05, 0.1) is 4.75 Å². The Hall–Kier alpha value is -0.290. The summed E-state index contributed by atoms with van der Waals surface area (Å²) in [4.78, 5) is 11.5. The zero-order valence-corrected chi connectivity index (χ0v) is 18.2. The van der Waals surface area contributed by atoms with E-state index in [4.69, 9.17) is 12.2 Å². The highest BCUT2D eigenvalue weighted by Crippen LogP contribution is 2.14. The zero-order valence-electron chi connectivity index (χ0n) is 16.5. The van der Waals surface area contributed by atoms with Crippen molar-refractivity contribution in [1.29, 1.82) is 0 Å². The molecule has 0 heterocycles. The molecule has 5 heteroatoms. The molecule has 0 fully saturated rings. The fourth-order valence-corrected chi connectivity index (χ4v) is 0. The number of sulfone groups is 1. The number of hydrogen-bond acceptors (Lipinski definition) is 4. The second kappa shape index (κ2) is 12.1. The van der Waals surface area contributed by atoms with Crippen LogP contribution in [0.2, 0.25) is 0 Å². The monoisotopic (exact) mass is 384 g/mol. The summed E-state index contributed by atoms with van der Waals surface area (Å²) in [7, 11) is -2.84. The fourth-order valence-electron chi connectivity index (χ4n) is 0. The maximum atomic E-state index is 10.7. The average Bonchev–Trinajstić information content (AvgIpc) is 2.12. The minimum absolute atomic E-state index is 0. The predicted octanol–water partition coefficient (Wildman–Crippen LogP) is 6.15. The number of hydrogen-bond donors (Lipinski definition) is 0. The molecule has 0 saturated heterocycles. The number of Topliss-reactive ketones (excluding diaryl/α,β-unsaturated/α-hetero) is 1. The lowest BCUT2D eigenvalue weighted by molar-refractivity contribution is -0.124. The van der Waals surface area contributed by atoms with Gasteiger partial charge in [0.1, 0.15) is 5.78 Å². The van der Waals surface area contributed by atoms with E-state index in [1.807, 2.05) is 27.7 Å². The van der Waals surface area contributed by atoms with Gasteiger partial charge < -0.3 is 0 Å². The van der Waals surface area contributed by atoms with Crippen LogP contribution < -0.4 is 0 Å². The second-order valence-corrected chi connectivity index (χ2v) is 11.9. The molecule has 0 aliphatic heterocycles. The van der Waals surface area contributed by atoms with E-state index in [-0.39, 0.29) is 31.5 Å². The standard InChI is InChI=1S/C6H12O.C6H12S.C5H12O2S.2CH4/c2*1-5(7)6(2,3)4;1-5(2,3)8(4,6)7;;/h2*1-4H3;1-4H3;2*1H4. The highest BCUT2D eigenvalue weighted by molar-refractivity contribution is 7.92. The molecular formula is C19H44O3S2. The van der Waals surface area contributed by atoms with Gasteiger partial charge in [0.15, 0.2) is 9.84 Å². The Morgan fingerprint density at radius 2 is 0.875 bits per heavy atom. The maximum Gasteiger partial charge on any atom is 0.152 e. The fraction of sp³-hybridized carbons (Fsp3) is 0.895. The first kappa shape index (κ1) is 34.9. The van der Waals surface area contributed by atoms with Crippen LogP contribution in [0, 0.1) is 10.8 Å². The summed E-state index contributed by atoms with van der Waals surface area (Å²) in [6, 6.07) is 0. The summed E-state index contributed by atoms with van der Waals surface area (Å²) in [5.74, 6) is 0.243. The Balaban J connectivity index is -0.0000000724. The van der Waals surface area contributed by atoms with Crippen LogP contribution in [0.1, 0.15) is 91.0 Å². The second-order valence-electron chi connectivity index (χ2n) is 8.50. The first-order chi connectivity index (χ1) is 9.14. The highest BCUT2D eigenvalue weighted by Gasteiger charge is 2.22. The molecule has 0 unspecified atom stereocenters. The number of carbonyl (C=O) groups excluding carboxylic acids is 1. The molecule has 0 atom stereocenters.